The molecule has 0 aromatic heterocycles. The maximum absolute atomic E-state index is 11.8. The minimum atomic E-state index is -0.726. The van der Waals surface area contributed by atoms with Gasteiger partial charge in [0, 0.05) is 17.8 Å². The fourth-order valence-corrected chi connectivity index (χ4v) is 3.62. The summed E-state index contributed by atoms with van der Waals surface area (Å²) >= 11 is 1.81. The zero-order valence-electron chi connectivity index (χ0n) is 12.0. The number of hydrogen-bond donors (Lipinski definition) is 3. The van der Waals surface area contributed by atoms with E-state index in [9.17, 15) is 14.7 Å². The highest BCUT2D eigenvalue weighted by Gasteiger charge is 2.42. The van der Waals surface area contributed by atoms with E-state index in [0.29, 0.717) is 13.1 Å². The second-order valence-corrected chi connectivity index (χ2v) is 7.21. The molecular weight excluding hydrogens is 276 g/mol. The largest absolute Gasteiger partial charge is 0.481 e. The van der Waals surface area contributed by atoms with E-state index < -0.39 is 5.97 Å². The van der Waals surface area contributed by atoms with Crippen molar-refractivity contribution < 1.29 is 14.7 Å². The van der Waals surface area contributed by atoms with Crippen LogP contribution in [0.1, 0.15) is 38.5 Å². The Hall–Kier alpha value is -0.910. The van der Waals surface area contributed by atoms with Crippen LogP contribution in [-0.4, -0.2) is 41.2 Å². The van der Waals surface area contributed by atoms with E-state index in [2.05, 4.69) is 16.9 Å². The van der Waals surface area contributed by atoms with Crippen molar-refractivity contribution >= 4 is 23.8 Å². The van der Waals surface area contributed by atoms with Gasteiger partial charge in [-0.25, -0.2) is 4.79 Å². The zero-order valence-corrected chi connectivity index (χ0v) is 12.8. The summed E-state index contributed by atoms with van der Waals surface area (Å²) in [6.45, 7) is 1.17. The van der Waals surface area contributed by atoms with Crippen LogP contribution in [0.4, 0.5) is 4.79 Å². The number of carboxylic acids is 1. The Kier molecular flexibility index (Phi) is 5.18. The molecule has 2 aliphatic carbocycles. The summed E-state index contributed by atoms with van der Waals surface area (Å²) in [6, 6.07) is -0.167. The highest BCUT2D eigenvalue weighted by atomic mass is 32.2. The second kappa shape index (κ2) is 6.70. The average Bonchev–Trinajstić information content (AvgIpc) is 3.24. The number of rotatable bonds is 6. The molecular formula is C14H24N2O3S. The SMILES string of the molecule is CSC1(CNC(=O)NCC2CCCCC2C(=O)O)CC1. The fourth-order valence-electron chi connectivity index (χ4n) is 2.90. The van der Waals surface area contributed by atoms with E-state index in [0.717, 1.165) is 38.5 Å². The van der Waals surface area contributed by atoms with E-state index in [1.165, 1.54) is 0 Å². The molecule has 0 saturated heterocycles. The molecule has 0 aliphatic heterocycles. The maximum atomic E-state index is 11.8. The number of carbonyl (C=O) groups excluding carboxylic acids is 1. The Morgan fingerprint density at radius 1 is 1.25 bits per heavy atom. The first kappa shape index (κ1) is 15.5. The summed E-state index contributed by atoms with van der Waals surface area (Å²) in [7, 11) is 0. The molecule has 3 N–H and O–H groups in total. The van der Waals surface area contributed by atoms with Gasteiger partial charge in [0.2, 0.25) is 0 Å². The van der Waals surface area contributed by atoms with E-state index in [1.807, 2.05) is 11.8 Å². The quantitative estimate of drug-likeness (QED) is 0.702. The summed E-state index contributed by atoms with van der Waals surface area (Å²) in [5.41, 5.74) is 0. The van der Waals surface area contributed by atoms with E-state index in [1.54, 1.807) is 0 Å². The molecule has 2 fully saturated rings. The Morgan fingerprint density at radius 2 is 1.95 bits per heavy atom. The number of carbonyl (C=O) groups is 2. The van der Waals surface area contributed by atoms with Gasteiger partial charge in [0.15, 0.2) is 0 Å². The van der Waals surface area contributed by atoms with Gasteiger partial charge in [-0.1, -0.05) is 12.8 Å². The van der Waals surface area contributed by atoms with Crippen molar-refractivity contribution in [3.05, 3.63) is 0 Å². The topological polar surface area (TPSA) is 78.4 Å². The molecule has 114 valence electrons. The summed E-state index contributed by atoms with van der Waals surface area (Å²) < 4.78 is 0.256. The smallest absolute Gasteiger partial charge is 0.314 e. The van der Waals surface area contributed by atoms with Crippen molar-refractivity contribution in [3.8, 4) is 0 Å². The number of nitrogens with one attached hydrogen (secondary N) is 2. The number of urea groups is 1. The number of amides is 2. The van der Waals surface area contributed by atoms with Crippen molar-refractivity contribution in [1.29, 1.82) is 0 Å². The van der Waals surface area contributed by atoms with Gasteiger partial charge >= 0.3 is 12.0 Å². The predicted octanol–water partition coefficient (Wildman–Crippen LogP) is 2.07. The van der Waals surface area contributed by atoms with Crippen molar-refractivity contribution in [2.45, 2.75) is 43.3 Å². The normalized spacial score (nSPS) is 27.6. The Balaban J connectivity index is 1.70. The zero-order chi connectivity index (χ0) is 14.6. The molecule has 2 aliphatic rings. The predicted molar refractivity (Wildman–Crippen MR) is 80.0 cm³/mol. The Bertz CT molecular complexity index is 371. The third-order valence-corrected chi connectivity index (χ3v) is 5.98. The monoisotopic (exact) mass is 300 g/mol. The molecule has 20 heavy (non-hydrogen) atoms. The number of carboxylic acid groups (broad SMARTS) is 1. The fraction of sp³-hybridized carbons (Fsp3) is 0.857. The van der Waals surface area contributed by atoms with Crippen LogP contribution in [0.3, 0.4) is 0 Å². The number of thioether (sulfide) groups is 1. The summed E-state index contributed by atoms with van der Waals surface area (Å²) in [5.74, 6) is -0.955. The molecule has 6 heteroatoms. The van der Waals surface area contributed by atoms with Crippen molar-refractivity contribution in [2.24, 2.45) is 11.8 Å². The van der Waals surface area contributed by atoms with Crippen LogP contribution < -0.4 is 10.6 Å². The minimum absolute atomic E-state index is 0.0717. The van der Waals surface area contributed by atoms with Crippen molar-refractivity contribution in [2.75, 3.05) is 19.3 Å². The Morgan fingerprint density at radius 3 is 2.55 bits per heavy atom. The van der Waals surface area contributed by atoms with Gasteiger partial charge < -0.3 is 15.7 Å². The lowest BCUT2D eigenvalue weighted by molar-refractivity contribution is -0.144. The molecule has 2 rings (SSSR count). The molecule has 0 aromatic carbocycles. The van der Waals surface area contributed by atoms with E-state index >= 15 is 0 Å². The molecule has 0 heterocycles. The van der Waals surface area contributed by atoms with Crippen LogP contribution >= 0.6 is 11.8 Å². The molecule has 2 saturated carbocycles. The maximum Gasteiger partial charge on any atom is 0.314 e. The standard InChI is InChI=1S/C14H24N2O3S/c1-20-14(6-7-14)9-16-13(19)15-8-10-4-2-3-5-11(10)12(17)18/h10-11H,2-9H2,1H3,(H,17,18)(H2,15,16,19). The van der Waals surface area contributed by atoms with Crippen LogP contribution in [-0.2, 0) is 4.79 Å². The van der Waals surface area contributed by atoms with Crippen molar-refractivity contribution in [3.63, 3.8) is 0 Å². The molecule has 0 spiro atoms. The summed E-state index contributed by atoms with van der Waals surface area (Å²) in [6.07, 6.45) is 8.08. The molecule has 2 amide bonds. The van der Waals surface area contributed by atoms with Crippen LogP contribution in [0.15, 0.2) is 0 Å². The first-order valence-electron chi connectivity index (χ1n) is 7.36. The van der Waals surface area contributed by atoms with Gasteiger partial charge in [-0.3, -0.25) is 4.79 Å². The summed E-state index contributed by atoms with van der Waals surface area (Å²) in [4.78, 5) is 23.0. The van der Waals surface area contributed by atoms with Crippen LogP contribution in [0.25, 0.3) is 0 Å². The number of hydrogen-bond acceptors (Lipinski definition) is 3. The van der Waals surface area contributed by atoms with E-state index in [-0.39, 0.29) is 22.6 Å². The second-order valence-electron chi connectivity index (χ2n) is 5.94. The van der Waals surface area contributed by atoms with Gasteiger partial charge in [-0.15, -0.1) is 0 Å². The first-order valence-corrected chi connectivity index (χ1v) is 8.58. The molecule has 2 unspecified atom stereocenters. The van der Waals surface area contributed by atoms with E-state index in [4.69, 9.17) is 0 Å². The van der Waals surface area contributed by atoms with Crippen LogP contribution in [0.5, 0.6) is 0 Å². The number of aliphatic carboxylic acids is 1. The third-order valence-electron chi connectivity index (χ3n) is 4.56. The summed E-state index contributed by atoms with van der Waals surface area (Å²) in [5, 5.41) is 14.9. The molecule has 2 atom stereocenters. The lowest BCUT2D eigenvalue weighted by Crippen LogP contribution is -2.43. The van der Waals surface area contributed by atoms with Crippen LogP contribution in [0, 0.1) is 11.8 Å². The van der Waals surface area contributed by atoms with Gasteiger partial charge in [-0.2, -0.15) is 11.8 Å². The highest BCUT2D eigenvalue weighted by molar-refractivity contribution is 8.00. The minimum Gasteiger partial charge on any atom is -0.481 e. The molecule has 5 nitrogen and oxygen atoms in total. The molecule has 0 aromatic rings. The highest BCUT2D eigenvalue weighted by Crippen LogP contribution is 2.46. The van der Waals surface area contributed by atoms with Gasteiger partial charge in [0.1, 0.15) is 0 Å². The molecule has 0 bridgehead atoms. The van der Waals surface area contributed by atoms with Gasteiger partial charge in [0.05, 0.1) is 5.92 Å². The lowest BCUT2D eigenvalue weighted by atomic mass is 9.79. The molecule has 0 radical (unpaired) electrons. The average molecular weight is 300 g/mol. The third kappa shape index (κ3) is 4.04. The van der Waals surface area contributed by atoms with Crippen LogP contribution in [0.2, 0.25) is 0 Å². The first-order chi connectivity index (χ1) is 9.56. The van der Waals surface area contributed by atoms with Gasteiger partial charge in [-0.05, 0) is 37.9 Å². The lowest BCUT2D eigenvalue weighted by Gasteiger charge is -2.28. The van der Waals surface area contributed by atoms with Crippen molar-refractivity contribution in [1.82, 2.24) is 10.6 Å². The van der Waals surface area contributed by atoms with Gasteiger partial charge in [0.25, 0.3) is 0 Å². The Labute approximate surface area is 124 Å².